The second kappa shape index (κ2) is 20.1. The van der Waals surface area contributed by atoms with E-state index >= 15 is 0 Å². The lowest BCUT2D eigenvalue weighted by atomic mass is 9.81. The highest BCUT2D eigenvalue weighted by atomic mass is 15.1. The van der Waals surface area contributed by atoms with Gasteiger partial charge in [0.05, 0.1) is 0 Å². The van der Waals surface area contributed by atoms with Crippen molar-refractivity contribution in [1.82, 2.24) is 0 Å². The second-order valence-electron chi connectivity index (χ2n) is 24.5. The van der Waals surface area contributed by atoms with Crippen LogP contribution in [0.3, 0.4) is 0 Å². The molecule has 14 aromatic carbocycles. The zero-order chi connectivity index (χ0) is 57.7. The first kappa shape index (κ1) is 51.1. The molecule has 0 spiro atoms. The zero-order valence-electron chi connectivity index (χ0n) is 48.8. The van der Waals surface area contributed by atoms with Gasteiger partial charge in [-0.25, -0.2) is 0 Å². The van der Waals surface area contributed by atoms with Crippen LogP contribution in [-0.2, 0) is 10.8 Å². The van der Waals surface area contributed by atoms with E-state index < -0.39 is 0 Å². The smallest absolute Gasteiger partial charge is 0.0468 e. The summed E-state index contributed by atoms with van der Waals surface area (Å²) in [5.74, 6) is 0. The van der Waals surface area contributed by atoms with Crippen LogP contribution in [-0.4, -0.2) is 0 Å². The van der Waals surface area contributed by atoms with Gasteiger partial charge < -0.3 is 9.80 Å². The number of benzene rings is 14. The van der Waals surface area contributed by atoms with Crippen LogP contribution in [0.15, 0.2) is 279 Å². The second-order valence-corrected chi connectivity index (χ2v) is 24.5. The largest absolute Gasteiger partial charge is 0.310 e. The lowest BCUT2D eigenvalue weighted by Crippen LogP contribution is -2.16. The van der Waals surface area contributed by atoms with Crippen LogP contribution in [0.2, 0.25) is 0 Å². The third-order valence-corrected chi connectivity index (χ3v) is 18.7. The van der Waals surface area contributed by atoms with E-state index in [0.29, 0.717) is 0 Å². The number of hydrogen-bond donors (Lipinski definition) is 0. The van der Waals surface area contributed by atoms with Gasteiger partial charge in [-0.1, -0.05) is 246 Å². The molecule has 0 aromatic heterocycles. The van der Waals surface area contributed by atoms with E-state index in [1.54, 1.807) is 0 Å². The summed E-state index contributed by atoms with van der Waals surface area (Å²) in [6, 6.07) is 103. The summed E-state index contributed by atoms with van der Waals surface area (Å²) < 4.78 is 0. The van der Waals surface area contributed by atoms with Gasteiger partial charge >= 0.3 is 0 Å². The number of anilines is 6. The Balaban J connectivity index is 0.668. The number of para-hydroxylation sites is 2. The zero-order valence-corrected chi connectivity index (χ0v) is 48.8. The van der Waals surface area contributed by atoms with Gasteiger partial charge in [0.1, 0.15) is 0 Å². The standard InChI is InChI=1S/C84H62N2/c1-83(2)79-49-57(33-43-73(79)75-45-39-67(53-81(75)83)85(63-21-7-5-8-22-63)65-37-35-59-17-11-13-19-61(59)51-65)29-27-55-31-41-71-72-42-32-56(48-78(72)70-26-16-15-25-69(70)77(71)47-55)28-30-58-34-44-74-76-46-40-68(54-82(76)84(3,4)80(74)50-58)86(64-23-9-6-10-24-64)66-38-36-60-18-12-14-20-62(60)52-66/h5-54H,1-4H3. The normalized spacial score (nSPS) is 13.7. The molecule has 2 aliphatic rings. The van der Waals surface area contributed by atoms with Crippen LogP contribution < -0.4 is 9.80 Å². The molecule has 0 heterocycles. The van der Waals surface area contributed by atoms with Gasteiger partial charge in [0.15, 0.2) is 0 Å². The van der Waals surface area contributed by atoms with E-state index in [9.17, 15) is 0 Å². The number of rotatable bonds is 10. The molecule has 16 rings (SSSR count). The molecule has 0 N–H and O–H groups in total. The maximum Gasteiger partial charge on any atom is 0.0468 e. The van der Waals surface area contributed by atoms with Gasteiger partial charge in [0.2, 0.25) is 0 Å². The van der Waals surface area contributed by atoms with E-state index in [-0.39, 0.29) is 10.8 Å². The minimum atomic E-state index is -0.195. The van der Waals surface area contributed by atoms with Crippen molar-refractivity contribution in [3.63, 3.8) is 0 Å². The van der Waals surface area contributed by atoms with Gasteiger partial charge in [0, 0.05) is 45.0 Å². The minimum Gasteiger partial charge on any atom is -0.310 e. The molecule has 14 aromatic rings. The summed E-state index contributed by atoms with van der Waals surface area (Å²) in [5, 5.41) is 12.5. The van der Waals surface area contributed by atoms with Crippen LogP contribution in [0.5, 0.6) is 0 Å². The molecule has 0 fully saturated rings. The molecule has 0 atom stereocenters. The van der Waals surface area contributed by atoms with Crippen molar-refractivity contribution in [2.75, 3.05) is 9.80 Å². The van der Waals surface area contributed by atoms with Crippen LogP contribution >= 0.6 is 0 Å². The third kappa shape index (κ3) is 8.54. The molecule has 0 saturated heterocycles. The van der Waals surface area contributed by atoms with Crippen molar-refractivity contribution in [2.45, 2.75) is 38.5 Å². The van der Waals surface area contributed by atoms with E-state index in [2.05, 4.69) is 341 Å². The number of fused-ring (bicyclic) bond motifs is 14. The highest BCUT2D eigenvalue weighted by molar-refractivity contribution is 6.26. The molecule has 0 bridgehead atoms. The summed E-state index contributed by atoms with van der Waals surface area (Å²) in [5.41, 5.74) is 21.9. The monoisotopic (exact) mass is 1100 g/mol. The lowest BCUT2D eigenvalue weighted by molar-refractivity contribution is 0.660. The Hall–Kier alpha value is -10.5. The average molecular weight is 1100 g/mol. The minimum absolute atomic E-state index is 0.195. The first-order chi connectivity index (χ1) is 42.1. The molecule has 2 nitrogen and oxygen atoms in total. The van der Waals surface area contributed by atoms with Gasteiger partial charge in [-0.2, -0.15) is 0 Å². The topological polar surface area (TPSA) is 6.48 Å². The summed E-state index contributed by atoms with van der Waals surface area (Å²) in [6.45, 7) is 9.52. The molecule has 408 valence electrons. The summed E-state index contributed by atoms with van der Waals surface area (Å²) >= 11 is 0. The van der Waals surface area contributed by atoms with Gasteiger partial charge in [-0.3, -0.25) is 0 Å². The fourth-order valence-electron chi connectivity index (χ4n) is 14.2. The van der Waals surface area contributed by atoms with Crippen LogP contribution in [0.25, 0.3) is 100 Å². The first-order valence-electron chi connectivity index (χ1n) is 30.1. The molecular weight excluding hydrogens is 1040 g/mol. The predicted octanol–water partition coefficient (Wildman–Crippen LogP) is 23.3. The number of nitrogens with zero attached hydrogens (tertiary/aromatic N) is 2. The van der Waals surface area contributed by atoms with Gasteiger partial charge in [0.25, 0.3) is 0 Å². The van der Waals surface area contributed by atoms with Crippen molar-refractivity contribution in [3.05, 3.63) is 324 Å². The molecular formula is C84H62N2. The van der Waals surface area contributed by atoms with Crippen LogP contribution in [0.4, 0.5) is 34.1 Å². The summed E-state index contributed by atoms with van der Waals surface area (Å²) in [7, 11) is 0. The van der Waals surface area contributed by atoms with E-state index in [1.165, 1.54) is 121 Å². The van der Waals surface area contributed by atoms with Crippen LogP contribution in [0, 0.1) is 0 Å². The van der Waals surface area contributed by atoms with Crippen LogP contribution in [0.1, 0.15) is 72.2 Å². The Kier molecular flexibility index (Phi) is 11.9. The van der Waals surface area contributed by atoms with Gasteiger partial charge in [-0.15, -0.1) is 0 Å². The average Bonchev–Trinajstić information content (AvgIpc) is 1.94. The maximum atomic E-state index is 2.42. The fraction of sp³-hybridized carbons (Fsp3) is 0.0714. The Morgan fingerprint density at radius 2 is 0.523 bits per heavy atom. The van der Waals surface area contributed by atoms with Crippen molar-refractivity contribution in [1.29, 1.82) is 0 Å². The molecule has 0 aliphatic heterocycles. The molecule has 0 radical (unpaired) electrons. The summed E-state index contributed by atoms with van der Waals surface area (Å²) in [6.07, 6.45) is 9.14. The number of hydrogen-bond acceptors (Lipinski definition) is 2. The Labute approximate surface area is 503 Å². The van der Waals surface area contributed by atoms with E-state index in [4.69, 9.17) is 0 Å². The molecule has 0 amide bonds. The van der Waals surface area contributed by atoms with E-state index in [0.717, 1.165) is 34.1 Å². The first-order valence-corrected chi connectivity index (χ1v) is 30.1. The molecule has 0 saturated carbocycles. The highest BCUT2D eigenvalue weighted by Crippen LogP contribution is 2.53. The fourth-order valence-corrected chi connectivity index (χ4v) is 14.2. The lowest BCUT2D eigenvalue weighted by Gasteiger charge is -2.28. The van der Waals surface area contributed by atoms with Crippen molar-refractivity contribution in [2.24, 2.45) is 0 Å². The molecule has 0 unspecified atom stereocenters. The third-order valence-electron chi connectivity index (χ3n) is 18.7. The molecule has 2 aliphatic carbocycles. The maximum absolute atomic E-state index is 2.42. The van der Waals surface area contributed by atoms with E-state index in [1.807, 2.05) is 0 Å². The SMILES string of the molecule is CC1(C)c2cc(C=Cc3ccc4c5ccc(C=Cc6ccc7c(c6)C(C)(C)c6cc(N(c8ccccc8)c8ccc9ccccc9c8)ccc6-7)cc5c5ccccc5c4c3)ccc2-c2ccc(N(c3ccccc3)c3ccc4ccccc4c3)cc21. The Bertz CT molecular complexity index is 4780. The summed E-state index contributed by atoms with van der Waals surface area (Å²) in [4.78, 5) is 4.78. The molecule has 2 heteroatoms. The Morgan fingerprint density at radius 1 is 0.221 bits per heavy atom. The van der Waals surface area contributed by atoms with Crippen molar-refractivity contribution < 1.29 is 0 Å². The van der Waals surface area contributed by atoms with Gasteiger partial charge in [-0.05, 0) is 206 Å². The van der Waals surface area contributed by atoms with Crippen molar-refractivity contribution >= 4 is 112 Å². The quantitative estimate of drug-likeness (QED) is 0.0995. The predicted molar refractivity (Wildman–Crippen MR) is 369 cm³/mol. The highest BCUT2D eigenvalue weighted by Gasteiger charge is 2.38. The van der Waals surface area contributed by atoms with Crippen molar-refractivity contribution in [3.8, 4) is 22.3 Å². The molecule has 86 heavy (non-hydrogen) atoms. The Morgan fingerprint density at radius 3 is 0.942 bits per heavy atom.